The van der Waals surface area contributed by atoms with E-state index in [1.807, 2.05) is 12.1 Å². The number of aliphatic hydroxyl groups excluding tert-OH is 1. The predicted molar refractivity (Wildman–Crippen MR) is 150 cm³/mol. The molecule has 6 rings (SSSR count). The third-order valence-electron chi connectivity index (χ3n) is 8.80. The molecule has 0 atom stereocenters. The van der Waals surface area contributed by atoms with Crippen molar-refractivity contribution >= 4 is 33.0 Å². The van der Waals surface area contributed by atoms with Crippen molar-refractivity contribution in [3.05, 3.63) is 53.1 Å². The van der Waals surface area contributed by atoms with E-state index in [2.05, 4.69) is 25.9 Å². The molecular weight excluding hydrogens is 500 g/mol. The van der Waals surface area contributed by atoms with Crippen molar-refractivity contribution in [3.8, 4) is 0 Å². The van der Waals surface area contributed by atoms with Crippen molar-refractivity contribution in [2.45, 2.75) is 51.5 Å². The highest BCUT2D eigenvalue weighted by Gasteiger charge is 2.44. The van der Waals surface area contributed by atoms with E-state index in [9.17, 15) is 13.2 Å². The average Bonchev–Trinajstić information content (AvgIpc) is 3.83. The number of nitrogens with one attached hydrogen (secondary N) is 2. The number of anilines is 3. The lowest BCUT2D eigenvalue weighted by molar-refractivity contribution is 0.102. The zero-order valence-electron chi connectivity index (χ0n) is 21.9. The van der Waals surface area contributed by atoms with E-state index in [1.54, 1.807) is 18.2 Å². The Bertz CT molecular complexity index is 1310. The van der Waals surface area contributed by atoms with Crippen LogP contribution in [0.1, 0.15) is 60.0 Å². The molecule has 4 aliphatic rings. The van der Waals surface area contributed by atoms with Crippen LogP contribution < -0.4 is 14.9 Å². The van der Waals surface area contributed by atoms with Crippen LogP contribution in [-0.4, -0.2) is 62.9 Å². The molecule has 2 aliphatic heterocycles. The number of sulfonamides is 1. The van der Waals surface area contributed by atoms with Crippen molar-refractivity contribution in [3.63, 3.8) is 0 Å². The molecule has 0 unspecified atom stereocenters. The van der Waals surface area contributed by atoms with Gasteiger partial charge in [-0.05, 0) is 91.7 Å². The van der Waals surface area contributed by atoms with Crippen LogP contribution in [0.25, 0.3) is 0 Å². The first-order valence-corrected chi connectivity index (χ1v) is 15.6. The van der Waals surface area contributed by atoms with Gasteiger partial charge in [0.2, 0.25) is 10.0 Å². The summed E-state index contributed by atoms with van der Waals surface area (Å²) in [5, 5.41) is 12.3. The van der Waals surface area contributed by atoms with E-state index in [4.69, 9.17) is 5.11 Å². The number of benzene rings is 2. The predicted octanol–water partition coefficient (Wildman–Crippen LogP) is 3.82. The van der Waals surface area contributed by atoms with Crippen LogP contribution in [0, 0.1) is 11.3 Å². The quantitative estimate of drug-likeness (QED) is 0.449. The van der Waals surface area contributed by atoms with Crippen molar-refractivity contribution in [2.24, 2.45) is 11.3 Å². The fourth-order valence-electron chi connectivity index (χ4n) is 6.09. The molecule has 1 spiro atoms. The molecule has 8 nitrogen and oxygen atoms in total. The first-order valence-electron chi connectivity index (χ1n) is 14.0. The summed E-state index contributed by atoms with van der Waals surface area (Å²) in [6.07, 6.45) is 8.38. The van der Waals surface area contributed by atoms with Gasteiger partial charge >= 0.3 is 0 Å². The minimum absolute atomic E-state index is 0.176. The summed E-state index contributed by atoms with van der Waals surface area (Å²) in [5.74, 6) is 0.317. The summed E-state index contributed by atoms with van der Waals surface area (Å²) in [4.78, 5) is 18.5. The molecule has 2 aliphatic carbocycles. The Hall–Kier alpha value is -2.62. The molecule has 0 bridgehead atoms. The number of carbonyl (C=O) groups is 1. The highest BCUT2D eigenvalue weighted by atomic mass is 32.2. The van der Waals surface area contributed by atoms with E-state index >= 15 is 0 Å². The molecule has 2 saturated carbocycles. The molecule has 204 valence electrons. The van der Waals surface area contributed by atoms with Gasteiger partial charge in [0.15, 0.2) is 0 Å². The lowest BCUT2D eigenvalue weighted by Gasteiger charge is -2.35. The maximum Gasteiger partial charge on any atom is 0.257 e. The zero-order valence-corrected chi connectivity index (χ0v) is 22.7. The van der Waals surface area contributed by atoms with Gasteiger partial charge in [0.25, 0.3) is 5.91 Å². The Morgan fingerprint density at radius 2 is 1.84 bits per heavy atom. The summed E-state index contributed by atoms with van der Waals surface area (Å²) < 4.78 is 27.1. The van der Waals surface area contributed by atoms with Crippen LogP contribution in [0.2, 0.25) is 0 Å². The maximum atomic E-state index is 13.7. The Morgan fingerprint density at radius 1 is 1.05 bits per heavy atom. The molecule has 1 amide bonds. The Labute approximate surface area is 225 Å². The van der Waals surface area contributed by atoms with Crippen molar-refractivity contribution < 1.29 is 18.3 Å². The zero-order chi connectivity index (χ0) is 26.3. The molecule has 3 fully saturated rings. The number of carbonyl (C=O) groups excluding carboxylic acids is 1. The summed E-state index contributed by atoms with van der Waals surface area (Å²) in [5.41, 5.74) is 5.56. The van der Waals surface area contributed by atoms with Gasteiger partial charge in [-0.2, -0.15) is 0 Å². The number of fused-ring (bicyclic) bond motifs is 1. The number of piperidine rings is 1. The lowest BCUT2D eigenvalue weighted by atomic mass is 9.93. The summed E-state index contributed by atoms with van der Waals surface area (Å²) in [7, 11) is -3.66. The topological polar surface area (TPSA) is 102 Å². The molecule has 1 saturated heterocycles. The molecule has 0 radical (unpaired) electrons. The van der Waals surface area contributed by atoms with E-state index in [0.717, 1.165) is 62.7 Å². The summed E-state index contributed by atoms with van der Waals surface area (Å²) in [6, 6.07) is 11.3. The normalized spacial score (nSPS) is 20.7. The third kappa shape index (κ3) is 5.70. The highest BCUT2D eigenvalue weighted by molar-refractivity contribution is 7.92. The largest absolute Gasteiger partial charge is 0.395 e. The van der Waals surface area contributed by atoms with Crippen LogP contribution in [0.5, 0.6) is 0 Å². The standard InChI is InChI=1S/C29H38N4O4S/c34-16-17-38(36,37)31-23-6-7-25(27(18-23)33-14-11-29(9-10-29)12-15-33)28(35)30-26-3-1-2-22-20-32(13-8-24(22)26)19-21-4-5-21/h1-3,6-7,18,21,31,34H,4-5,8-17,19-20H2,(H,30,35). The molecule has 0 aromatic heterocycles. The minimum Gasteiger partial charge on any atom is -0.395 e. The van der Waals surface area contributed by atoms with Crippen molar-refractivity contribution in [1.29, 1.82) is 0 Å². The van der Waals surface area contributed by atoms with Gasteiger partial charge in [-0.25, -0.2) is 8.42 Å². The number of nitrogens with zero attached hydrogens (tertiary/aromatic N) is 2. The average molecular weight is 539 g/mol. The first kappa shape index (κ1) is 25.6. The van der Waals surface area contributed by atoms with Crippen LogP contribution in [0.15, 0.2) is 36.4 Å². The molecular formula is C29H38N4O4S. The van der Waals surface area contributed by atoms with Crippen LogP contribution in [0.3, 0.4) is 0 Å². The van der Waals surface area contributed by atoms with Gasteiger partial charge in [0, 0.05) is 38.4 Å². The molecule has 38 heavy (non-hydrogen) atoms. The molecule has 2 aromatic carbocycles. The van der Waals surface area contributed by atoms with Gasteiger partial charge < -0.3 is 15.3 Å². The molecule has 2 heterocycles. The van der Waals surface area contributed by atoms with Crippen molar-refractivity contribution in [2.75, 3.05) is 53.5 Å². The van der Waals surface area contributed by atoms with Crippen LogP contribution >= 0.6 is 0 Å². The first-order chi connectivity index (χ1) is 18.3. The van der Waals surface area contributed by atoms with Gasteiger partial charge in [0.05, 0.1) is 29.3 Å². The van der Waals surface area contributed by atoms with E-state index in [-0.39, 0.29) is 11.7 Å². The maximum absolute atomic E-state index is 13.7. The Kier molecular flexibility index (Phi) is 6.86. The monoisotopic (exact) mass is 538 g/mol. The Morgan fingerprint density at radius 3 is 2.55 bits per heavy atom. The molecule has 3 N–H and O–H groups in total. The van der Waals surface area contributed by atoms with Crippen LogP contribution in [0.4, 0.5) is 17.1 Å². The molecule has 2 aromatic rings. The number of aliphatic hydroxyl groups is 1. The minimum atomic E-state index is -3.66. The van der Waals surface area contributed by atoms with Gasteiger partial charge in [-0.15, -0.1) is 0 Å². The number of rotatable bonds is 9. The Balaban J connectivity index is 1.24. The lowest BCUT2D eigenvalue weighted by Crippen LogP contribution is -2.36. The number of hydrogen-bond donors (Lipinski definition) is 3. The fourth-order valence-corrected chi connectivity index (χ4v) is 6.92. The van der Waals surface area contributed by atoms with Crippen LogP contribution in [-0.2, 0) is 23.0 Å². The second-order valence-corrected chi connectivity index (χ2v) is 13.5. The summed E-state index contributed by atoms with van der Waals surface area (Å²) in [6.45, 7) is 4.37. The second-order valence-electron chi connectivity index (χ2n) is 11.7. The van der Waals surface area contributed by atoms with Gasteiger partial charge in [-0.1, -0.05) is 12.1 Å². The smallest absolute Gasteiger partial charge is 0.257 e. The SMILES string of the molecule is O=C(Nc1cccc2c1CCN(CC1CC1)C2)c1ccc(NS(=O)(=O)CCO)cc1N1CCC2(CC1)CC2. The van der Waals surface area contributed by atoms with E-state index in [0.29, 0.717) is 16.7 Å². The summed E-state index contributed by atoms with van der Waals surface area (Å²) >= 11 is 0. The third-order valence-corrected chi connectivity index (χ3v) is 10.1. The fraction of sp³-hybridized carbons (Fsp3) is 0.552. The molecule has 9 heteroatoms. The van der Waals surface area contributed by atoms with E-state index in [1.165, 1.54) is 43.4 Å². The second kappa shape index (κ2) is 10.2. The van der Waals surface area contributed by atoms with Gasteiger partial charge in [-0.3, -0.25) is 14.4 Å². The number of amides is 1. The highest BCUT2D eigenvalue weighted by Crippen LogP contribution is 2.54. The van der Waals surface area contributed by atoms with E-state index < -0.39 is 16.6 Å². The van der Waals surface area contributed by atoms with Crippen molar-refractivity contribution in [1.82, 2.24) is 4.90 Å². The van der Waals surface area contributed by atoms with Gasteiger partial charge in [0.1, 0.15) is 0 Å². The number of hydrogen-bond acceptors (Lipinski definition) is 6.